The Hall–Kier alpha value is -1.59. The smallest absolute Gasteiger partial charge is 0.304 e. The molecule has 2 rings (SSSR count). The summed E-state index contributed by atoms with van der Waals surface area (Å²) in [7, 11) is 0. The van der Waals surface area contributed by atoms with Crippen molar-refractivity contribution in [3.05, 3.63) is 35.9 Å². The monoisotopic (exact) mass is 218 g/mol. The molecule has 1 aliphatic heterocycles. The number of aliphatic imine (C=N–C) groups is 1. The van der Waals surface area contributed by atoms with Gasteiger partial charge in [0, 0.05) is 5.56 Å². The number of benzene rings is 1. The fourth-order valence-electron chi connectivity index (χ4n) is 1.20. The van der Waals surface area contributed by atoms with E-state index in [0.717, 1.165) is 0 Å². The van der Waals surface area contributed by atoms with Gasteiger partial charge in [0.15, 0.2) is 0 Å². The van der Waals surface area contributed by atoms with Gasteiger partial charge in [-0.15, -0.1) is 0 Å². The average molecular weight is 218 g/mol. The molecule has 15 heavy (non-hydrogen) atoms. The zero-order valence-electron chi connectivity index (χ0n) is 7.35. The van der Waals surface area contributed by atoms with Crippen LogP contribution in [0.1, 0.15) is 5.56 Å². The number of nitrogens with one attached hydrogen (secondary N) is 1. The van der Waals surface area contributed by atoms with Crippen LogP contribution < -0.4 is 5.32 Å². The molecular formula is C9H6F4N2. The standard InChI is InChI=1S/C9H6F4N2/c10-8(11)9(12,13)15-7(14-8)6-4-2-1-3-5-6/h1-5H,(H,14,15). The fraction of sp³-hybridized carbons (Fsp3) is 0.222. The molecular weight excluding hydrogens is 212 g/mol. The van der Waals surface area contributed by atoms with Gasteiger partial charge in [-0.05, 0) is 0 Å². The second kappa shape index (κ2) is 2.95. The minimum absolute atomic E-state index is 0.203. The van der Waals surface area contributed by atoms with Crippen LogP contribution in [-0.4, -0.2) is 17.9 Å². The van der Waals surface area contributed by atoms with E-state index < -0.39 is 17.9 Å². The van der Waals surface area contributed by atoms with Crippen LogP contribution in [-0.2, 0) is 0 Å². The summed E-state index contributed by atoms with van der Waals surface area (Å²) in [6, 6.07) is -1.12. The lowest BCUT2D eigenvalue weighted by Crippen LogP contribution is -2.46. The summed E-state index contributed by atoms with van der Waals surface area (Å²) in [5.74, 6) is -0.495. The quantitative estimate of drug-likeness (QED) is 0.567. The third-order valence-electron chi connectivity index (χ3n) is 1.95. The van der Waals surface area contributed by atoms with Crippen molar-refractivity contribution < 1.29 is 17.6 Å². The molecule has 1 aliphatic rings. The van der Waals surface area contributed by atoms with Crippen LogP contribution in [0.2, 0.25) is 0 Å². The summed E-state index contributed by atoms with van der Waals surface area (Å²) in [5, 5.41) is 1.40. The van der Waals surface area contributed by atoms with Crippen molar-refractivity contribution in [1.82, 2.24) is 5.32 Å². The molecule has 6 heteroatoms. The molecule has 1 heterocycles. The summed E-state index contributed by atoms with van der Waals surface area (Å²) in [6.07, 6.45) is 0. The number of nitrogens with zero attached hydrogens (tertiary/aromatic N) is 1. The largest absolute Gasteiger partial charge is 0.427 e. The first-order valence-electron chi connectivity index (χ1n) is 4.11. The molecule has 0 aliphatic carbocycles. The van der Waals surface area contributed by atoms with E-state index in [4.69, 9.17) is 0 Å². The van der Waals surface area contributed by atoms with Crippen LogP contribution in [0, 0.1) is 0 Å². The highest BCUT2D eigenvalue weighted by Crippen LogP contribution is 2.37. The number of alkyl halides is 4. The Kier molecular flexibility index (Phi) is 1.95. The fourth-order valence-corrected chi connectivity index (χ4v) is 1.20. The first kappa shape index (κ1) is 9.95. The summed E-state index contributed by atoms with van der Waals surface area (Å²) in [4.78, 5) is 2.67. The second-order valence-electron chi connectivity index (χ2n) is 3.07. The molecule has 1 aromatic carbocycles. The number of hydrogen-bond acceptors (Lipinski definition) is 2. The Bertz CT molecular complexity index is 400. The number of rotatable bonds is 1. The highest BCUT2D eigenvalue weighted by atomic mass is 19.3. The number of amidine groups is 1. The van der Waals surface area contributed by atoms with Gasteiger partial charge in [-0.1, -0.05) is 30.3 Å². The van der Waals surface area contributed by atoms with Crippen molar-refractivity contribution in [2.75, 3.05) is 0 Å². The molecule has 0 amide bonds. The van der Waals surface area contributed by atoms with Crippen molar-refractivity contribution in [2.45, 2.75) is 12.1 Å². The van der Waals surface area contributed by atoms with Gasteiger partial charge >= 0.3 is 12.1 Å². The Balaban J connectivity index is 2.37. The first-order chi connectivity index (χ1) is 6.92. The van der Waals surface area contributed by atoms with E-state index >= 15 is 0 Å². The molecule has 0 saturated carbocycles. The van der Waals surface area contributed by atoms with E-state index in [0.29, 0.717) is 0 Å². The summed E-state index contributed by atoms with van der Waals surface area (Å²) in [5.41, 5.74) is 0.203. The van der Waals surface area contributed by atoms with E-state index in [1.54, 1.807) is 18.2 Å². The van der Waals surface area contributed by atoms with Crippen molar-refractivity contribution in [1.29, 1.82) is 0 Å². The van der Waals surface area contributed by atoms with Crippen LogP contribution in [0.3, 0.4) is 0 Å². The molecule has 0 spiro atoms. The predicted molar refractivity (Wildman–Crippen MR) is 46.0 cm³/mol. The molecule has 0 atom stereocenters. The highest BCUT2D eigenvalue weighted by Gasteiger charge is 2.61. The maximum Gasteiger partial charge on any atom is 0.427 e. The van der Waals surface area contributed by atoms with Gasteiger partial charge in [-0.3, -0.25) is 0 Å². The SMILES string of the molecule is FC1(F)N=C(c2ccccc2)NC1(F)F. The molecule has 0 bridgehead atoms. The lowest BCUT2D eigenvalue weighted by atomic mass is 10.2. The van der Waals surface area contributed by atoms with E-state index in [-0.39, 0.29) is 5.56 Å². The molecule has 0 radical (unpaired) electrons. The molecule has 0 unspecified atom stereocenters. The lowest BCUT2D eigenvalue weighted by Gasteiger charge is -2.15. The van der Waals surface area contributed by atoms with Crippen molar-refractivity contribution in [3.8, 4) is 0 Å². The summed E-state index contributed by atoms with van der Waals surface area (Å²) in [6.45, 7) is 0. The van der Waals surface area contributed by atoms with Gasteiger partial charge in [0.2, 0.25) is 0 Å². The maximum absolute atomic E-state index is 12.7. The van der Waals surface area contributed by atoms with E-state index in [9.17, 15) is 17.6 Å². The Morgan fingerprint density at radius 3 is 2.07 bits per heavy atom. The van der Waals surface area contributed by atoms with Crippen LogP contribution in [0.15, 0.2) is 35.3 Å². The van der Waals surface area contributed by atoms with Gasteiger partial charge in [-0.2, -0.15) is 22.6 Å². The first-order valence-corrected chi connectivity index (χ1v) is 4.11. The molecule has 2 nitrogen and oxygen atoms in total. The van der Waals surface area contributed by atoms with Crippen LogP contribution >= 0.6 is 0 Å². The van der Waals surface area contributed by atoms with Gasteiger partial charge in [0.05, 0.1) is 0 Å². The van der Waals surface area contributed by atoms with Gasteiger partial charge < -0.3 is 5.32 Å². The average Bonchev–Trinajstić information content (AvgIpc) is 2.38. The Labute approximate surface area is 82.6 Å². The lowest BCUT2D eigenvalue weighted by molar-refractivity contribution is -0.200. The molecule has 1 N–H and O–H groups in total. The minimum atomic E-state index is -4.39. The number of hydrogen-bond donors (Lipinski definition) is 1. The Morgan fingerprint density at radius 1 is 1.00 bits per heavy atom. The minimum Gasteiger partial charge on any atom is -0.304 e. The molecule has 0 saturated heterocycles. The van der Waals surface area contributed by atoms with E-state index in [1.807, 2.05) is 0 Å². The van der Waals surface area contributed by atoms with Crippen LogP contribution in [0.4, 0.5) is 17.6 Å². The van der Waals surface area contributed by atoms with E-state index in [2.05, 4.69) is 4.99 Å². The molecule has 0 fully saturated rings. The summed E-state index contributed by atoms with van der Waals surface area (Å²) < 4.78 is 50.7. The van der Waals surface area contributed by atoms with Crippen molar-refractivity contribution in [2.24, 2.45) is 4.99 Å². The van der Waals surface area contributed by atoms with Crippen LogP contribution in [0.25, 0.3) is 0 Å². The normalized spacial score (nSPS) is 22.0. The van der Waals surface area contributed by atoms with Crippen molar-refractivity contribution >= 4 is 5.84 Å². The Morgan fingerprint density at radius 2 is 1.60 bits per heavy atom. The van der Waals surface area contributed by atoms with Crippen molar-refractivity contribution in [3.63, 3.8) is 0 Å². The third kappa shape index (κ3) is 1.55. The van der Waals surface area contributed by atoms with Gasteiger partial charge in [0.25, 0.3) is 0 Å². The van der Waals surface area contributed by atoms with Gasteiger partial charge in [-0.25, -0.2) is 0 Å². The topological polar surface area (TPSA) is 24.4 Å². The van der Waals surface area contributed by atoms with Crippen LogP contribution in [0.5, 0.6) is 0 Å². The maximum atomic E-state index is 12.7. The molecule has 1 aromatic rings. The van der Waals surface area contributed by atoms with E-state index in [1.165, 1.54) is 17.4 Å². The predicted octanol–water partition coefficient (Wildman–Crippen LogP) is 2.22. The zero-order chi connectivity index (χ0) is 11.1. The molecule has 80 valence electrons. The van der Waals surface area contributed by atoms with Gasteiger partial charge in [0.1, 0.15) is 5.84 Å². The summed E-state index contributed by atoms with van der Waals surface area (Å²) >= 11 is 0. The zero-order valence-corrected chi connectivity index (χ0v) is 7.35. The third-order valence-corrected chi connectivity index (χ3v) is 1.95. The molecule has 0 aromatic heterocycles. The highest BCUT2D eigenvalue weighted by molar-refractivity contribution is 6.00. The number of halogens is 4. The second-order valence-corrected chi connectivity index (χ2v) is 3.07.